The highest BCUT2D eigenvalue weighted by atomic mass is 16.4. The number of aliphatic carboxylic acids is 1. The quantitative estimate of drug-likeness (QED) is 0.622. The van der Waals surface area contributed by atoms with Crippen molar-refractivity contribution in [3.8, 4) is 0 Å². The van der Waals surface area contributed by atoms with Crippen LogP contribution < -0.4 is 11.1 Å². The predicted octanol–water partition coefficient (Wildman–Crippen LogP) is 0.648. The molecule has 18 heavy (non-hydrogen) atoms. The van der Waals surface area contributed by atoms with Crippen LogP contribution in [0.25, 0.3) is 0 Å². The minimum atomic E-state index is -0.941. The van der Waals surface area contributed by atoms with Crippen LogP contribution in [0.3, 0.4) is 0 Å². The molecular weight excluding hydrogens is 236 g/mol. The van der Waals surface area contributed by atoms with Crippen LogP contribution in [-0.4, -0.2) is 28.4 Å². The summed E-state index contributed by atoms with van der Waals surface area (Å²) < 4.78 is 0. The average molecular weight is 258 g/mol. The second kappa shape index (κ2) is 5.84. The van der Waals surface area contributed by atoms with Crippen LogP contribution in [0.15, 0.2) is 0 Å². The first kappa shape index (κ1) is 16.4. The maximum Gasteiger partial charge on any atom is 0.303 e. The second-order valence-corrected chi connectivity index (χ2v) is 5.99. The van der Waals surface area contributed by atoms with Crippen molar-refractivity contribution >= 4 is 17.8 Å². The van der Waals surface area contributed by atoms with E-state index in [-0.39, 0.29) is 25.2 Å². The molecule has 0 aliphatic heterocycles. The third-order valence-corrected chi connectivity index (χ3v) is 2.36. The number of rotatable bonds is 7. The zero-order valence-electron chi connectivity index (χ0n) is 11.4. The number of hydrogen-bond donors (Lipinski definition) is 3. The van der Waals surface area contributed by atoms with Crippen LogP contribution in [0.5, 0.6) is 0 Å². The normalized spacial score (nSPS) is 12.0. The van der Waals surface area contributed by atoms with Gasteiger partial charge in [0.05, 0.1) is 6.42 Å². The maximum absolute atomic E-state index is 11.8. The van der Waals surface area contributed by atoms with Crippen molar-refractivity contribution in [3.05, 3.63) is 0 Å². The molecule has 2 amide bonds. The lowest BCUT2D eigenvalue weighted by Crippen LogP contribution is -2.47. The van der Waals surface area contributed by atoms with Crippen LogP contribution in [0.1, 0.15) is 47.0 Å². The first-order chi connectivity index (χ1) is 7.93. The lowest BCUT2D eigenvalue weighted by atomic mass is 9.85. The zero-order valence-corrected chi connectivity index (χ0v) is 11.4. The van der Waals surface area contributed by atoms with E-state index in [1.165, 1.54) is 0 Å². The number of carbonyl (C=O) groups is 3. The van der Waals surface area contributed by atoms with Gasteiger partial charge in [0.15, 0.2) is 0 Å². The number of carbonyl (C=O) groups excluding carboxylic acids is 2. The van der Waals surface area contributed by atoms with Gasteiger partial charge in [0.2, 0.25) is 11.8 Å². The molecule has 0 radical (unpaired) electrons. The standard InChI is InChI=1S/C12H22N2O4/c1-11(2,7-10(17)18)6-9(16)14-12(3,4)5-8(13)15/h5-7H2,1-4H3,(H2,13,15)(H,14,16)(H,17,18). The summed E-state index contributed by atoms with van der Waals surface area (Å²) in [5.74, 6) is -1.72. The average Bonchev–Trinajstić information content (AvgIpc) is 1.92. The Morgan fingerprint density at radius 3 is 1.94 bits per heavy atom. The van der Waals surface area contributed by atoms with Crippen LogP contribution in [0, 0.1) is 5.41 Å². The molecule has 0 aromatic heterocycles. The summed E-state index contributed by atoms with van der Waals surface area (Å²) in [6.45, 7) is 6.81. The Labute approximate surface area is 107 Å². The molecule has 0 atom stereocenters. The summed E-state index contributed by atoms with van der Waals surface area (Å²) in [5.41, 5.74) is 3.73. The summed E-state index contributed by atoms with van der Waals surface area (Å²) in [4.78, 5) is 33.2. The molecule has 0 heterocycles. The molecule has 0 fully saturated rings. The van der Waals surface area contributed by atoms with E-state index in [2.05, 4.69) is 5.32 Å². The number of hydrogen-bond acceptors (Lipinski definition) is 3. The van der Waals surface area contributed by atoms with Crippen molar-refractivity contribution in [3.63, 3.8) is 0 Å². The van der Waals surface area contributed by atoms with Gasteiger partial charge >= 0.3 is 5.97 Å². The number of carboxylic acids is 1. The molecule has 0 unspecified atom stereocenters. The van der Waals surface area contributed by atoms with Crippen molar-refractivity contribution in [1.29, 1.82) is 0 Å². The number of primary amides is 1. The van der Waals surface area contributed by atoms with Gasteiger partial charge in [0, 0.05) is 18.4 Å². The summed E-state index contributed by atoms with van der Waals surface area (Å²) in [6, 6.07) is 0. The van der Waals surface area contributed by atoms with Crippen LogP contribution in [0.4, 0.5) is 0 Å². The second-order valence-electron chi connectivity index (χ2n) is 5.99. The minimum absolute atomic E-state index is 0.0398. The van der Waals surface area contributed by atoms with E-state index in [0.717, 1.165) is 0 Å². The lowest BCUT2D eigenvalue weighted by molar-refractivity contribution is -0.139. The van der Waals surface area contributed by atoms with Gasteiger partial charge in [0.1, 0.15) is 0 Å². The number of nitrogens with two attached hydrogens (primary N) is 1. The van der Waals surface area contributed by atoms with Crippen molar-refractivity contribution in [1.82, 2.24) is 5.32 Å². The number of carboxylic acid groups (broad SMARTS) is 1. The van der Waals surface area contributed by atoms with E-state index in [4.69, 9.17) is 10.8 Å². The monoisotopic (exact) mass is 258 g/mol. The molecular formula is C12H22N2O4. The maximum atomic E-state index is 11.8. The fourth-order valence-corrected chi connectivity index (χ4v) is 1.81. The molecule has 0 aliphatic carbocycles. The molecule has 0 saturated heterocycles. The van der Waals surface area contributed by atoms with Gasteiger partial charge in [-0.15, -0.1) is 0 Å². The molecule has 0 aromatic carbocycles. The Balaban J connectivity index is 4.42. The first-order valence-corrected chi connectivity index (χ1v) is 5.75. The van der Waals surface area contributed by atoms with Gasteiger partial charge < -0.3 is 16.2 Å². The van der Waals surface area contributed by atoms with Crippen molar-refractivity contribution in [2.75, 3.05) is 0 Å². The molecule has 6 heteroatoms. The molecule has 104 valence electrons. The molecule has 4 N–H and O–H groups in total. The molecule has 0 rings (SSSR count). The SMILES string of the molecule is CC(C)(CC(=O)O)CC(=O)NC(C)(C)CC(N)=O. The Bertz CT molecular complexity index is 316. The van der Waals surface area contributed by atoms with Crippen molar-refractivity contribution in [2.45, 2.75) is 52.5 Å². The molecule has 0 aliphatic rings. The van der Waals surface area contributed by atoms with Gasteiger partial charge in [0.25, 0.3) is 0 Å². The van der Waals surface area contributed by atoms with Crippen molar-refractivity contribution in [2.24, 2.45) is 11.1 Å². The third kappa shape index (κ3) is 7.65. The predicted molar refractivity (Wildman–Crippen MR) is 66.7 cm³/mol. The topological polar surface area (TPSA) is 109 Å². The van der Waals surface area contributed by atoms with Crippen LogP contribution >= 0.6 is 0 Å². The molecule has 0 bridgehead atoms. The smallest absolute Gasteiger partial charge is 0.303 e. The van der Waals surface area contributed by atoms with Gasteiger partial charge in [-0.3, -0.25) is 14.4 Å². The summed E-state index contributed by atoms with van der Waals surface area (Å²) in [6.07, 6.45) is 0.0380. The number of amides is 2. The Morgan fingerprint density at radius 1 is 1.06 bits per heavy atom. The Hall–Kier alpha value is -1.59. The van der Waals surface area contributed by atoms with E-state index in [0.29, 0.717) is 0 Å². The van der Waals surface area contributed by atoms with E-state index < -0.39 is 22.8 Å². The lowest BCUT2D eigenvalue weighted by Gasteiger charge is -2.28. The van der Waals surface area contributed by atoms with Crippen LogP contribution in [-0.2, 0) is 14.4 Å². The van der Waals surface area contributed by atoms with Gasteiger partial charge in [-0.1, -0.05) is 13.8 Å². The van der Waals surface area contributed by atoms with Gasteiger partial charge in [-0.05, 0) is 19.3 Å². The molecule has 0 aromatic rings. The van der Waals surface area contributed by atoms with E-state index in [9.17, 15) is 14.4 Å². The van der Waals surface area contributed by atoms with Crippen LogP contribution in [0.2, 0.25) is 0 Å². The third-order valence-electron chi connectivity index (χ3n) is 2.36. The van der Waals surface area contributed by atoms with Crippen molar-refractivity contribution < 1.29 is 19.5 Å². The fraction of sp³-hybridized carbons (Fsp3) is 0.750. The summed E-state index contributed by atoms with van der Waals surface area (Å²) in [7, 11) is 0. The van der Waals surface area contributed by atoms with E-state index in [1.807, 2.05) is 0 Å². The van der Waals surface area contributed by atoms with Gasteiger partial charge in [-0.2, -0.15) is 0 Å². The largest absolute Gasteiger partial charge is 0.481 e. The zero-order chi connectivity index (χ0) is 14.6. The number of nitrogens with one attached hydrogen (secondary N) is 1. The van der Waals surface area contributed by atoms with E-state index in [1.54, 1.807) is 27.7 Å². The Kier molecular flexibility index (Phi) is 5.32. The molecule has 0 saturated carbocycles. The van der Waals surface area contributed by atoms with E-state index >= 15 is 0 Å². The summed E-state index contributed by atoms with van der Waals surface area (Å²) >= 11 is 0. The highest BCUT2D eigenvalue weighted by molar-refractivity contribution is 5.80. The summed E-state index contributed by atoms with van der Waals surface area (Å²) in [5, 5.41) is 11.4. The highest BCUT2D eigenvalue weighted by Gasteiger charge is 2.29. The Morgan fingerprint density at radius 2 is 1.56 bits per heavy atom. The highest BCUT2D eigenvalue weighted by Crippen LogP contribution is 2.25. The molecule has 6 nitrogen and oxygen atoms in total. The first-order valence-electron chi connectivity index (χ1n) is 5.75. The fourth-order valence-electron chi connectivity index (χ4n) is 1.81. The minimum Gasteiger partial charge on any atom is -0.481 e. The van der Waals surface area contributed by atoms with Gasteiger partial charge in [-0.25, -0.2) is 0 Å². The molecule has 0 spiro atoms.